The maximum atomic E-state index is 12.3. The Morgan fingerprint density at radius 1 is 0.905 bits per heavy atom. The normalized spacial score (nSPS) is 11.3. The highest BCUT2D eigenvalue weighted by Gasteiger charge is 2.09. The van der Waals surface area contributed by atoms with Crippen LogP contribution in [0.15, 0.2) is 48.5 Å². The molecule has 112 valence electrons. The van der Waals surface area contributed by atoms with Gasteiger partial charge in [-0.15, -0.1) is 0 Å². The number of carbonyl (C=O) groups is 1. The molecule has 0 aliphatic rings. The zero-order valence-corrected chi connectivity index (χ0v) is 13.8. The van der Waals surface area contributed by atoms with Crippen molar-refractivity contribution in [1.29, 1.82) is 0 Å². The van der Waals surface area contributed by atoms with Gasteiger partial charge in [-0.1, -0.05) is 81.8 Å². The predicted octanol–water partition coefficient (Wildman–Crippen LogP) is 5.77. The second-order valence-electron chi connectivity index (χ2n) is 5.13. The summed E-state index contributed by atoms with van der Waals surface area (Å²) in [5.74, 6) is 0.638. The van der Waals surface area contributed by atoms with Crippen LogP contribution in [0.5, 0.6) is 0 Å². The number of hydrogen-bond donors (Lipinski definition) is 0. The summed E-state index contributed by atoms with van der Waals surface area (Å²) < 4.78 is 0. The summed E-state index contributed by atoms with van der Waals surface area (Å²) in [6.07, 6.45) is 1.12. The standard InChI is InChI=1S/C18H20O.C2H6/c1-4-14(3)15-9-11-17(12-10-15)18(19)16-7-5-13(2)6-8-16;1-2/h5-12,14H,4H2,1-3H3;1-2H3. The highest BCUT2D eigenvalue weighted by Crippen LogP contribution is 2.20. The van der Waals surface area contributed by atoms with E-state index in [1.807, 2.05) is 57.2 Å². The highest BCUT2D eigenvalue weighted by molar-refractivity contribution is 6.08. The molecule has 0 N–H and O–H groups in total. The van der Waals surface area contributed by atoms with Gasteiger partial charge >= 0.3 is 0 Å². The molecule has 21 heavy (non-hydrogen) atoms. The van der Waals surface area contributed by atoms with Gasteiger partial charge in [-0.3, -0.25) is 4.79 Å². The second kappa shape index (κ2) is 8.41. The van der Waals surface area contributed by atoms with Gasteiger partial charge in [-0.05, 0) is 24.8 Å². The van der Waals surface area contributed by atoms with Crippen molar-refractivity contribution in [3.8, 4) is 0 Å². The molecule has 1 atom stereocenters. The molecule has 0 radical (unpaired) electrons. The molecule has 1 heteroatoms. The first-order chi connectivity index (χ1) is 10.1. The lowest BCUT2D eigenvalue weighted by Gasteiger charge is -2.09. The summed E-state index contributed by atoms with van der Waals surface area (Å²) >= 11 is 0. The van der Waals surface area contributed by atoms with Crippen molar-refractivity contribution < 1.29 is 4.79 Å². The van der Waals surface area contributed by atoms with Crippen molar-refractivity contribution >= 4 is 5.78 Å². The van der Waals surface area contributed by atoms with Gasteiger partial charge in [0, 0.05) is 11.1 Å². The number of ketones is 1. The van der Waals surface area contributed by atoms with Crippen LogP contribution in [0.1, 0.15) is 67.1 Å². The van der Waals surface area contributed by atoms with E-state index in [0.29, 0.717) is 5.92 Å². The van der Waals surface area contributed by atoms with E-state index < -0.39 is 0 Å². The van der Waals surface area contributed by atoms with E-state index in [-0.39, 0.29) is 5.78 Å². The molecule has 2 rings (SSSR count). The van der Waals surface area contributed by atoms with E-state index in [9.17, 15) is 4.79 Å². The van der Waals surface area contributed by atoms with E-state index in [2.05, 4.69) is 26.0 Å². The molecule has 0 spiro atoms. The zero-order chi connectivity index (χ0) is 15.8. The minimum atomic E-state index is 0.0932. The van der Waals surface area contributed by atoms with Crippen molar-refractivity contribution in [3.05, 3.63) is 70.8 Å². The molecule has 0 aliphatic carbocycles. The molecule has 0 aliphatic heterocycles. The first kappa shape index (κ1) is 17.2. The average molecular weight is 282 g/mol. The van der Waals surface area contributed by atoms with Gasteiger partial charge in [0.15, 0.2) is 5.78 Å². The third-order valence-corrected chi connectivity index (χ3v) is 3.67. The SMILES string of the molecule is CC.CCC(C)c1ccc(C(=O)c2ccc(C)cc2)cc1. The summed E-state index contributed by atoms with van der Waals surface area (Å²) in [4.78, 5) is 12.3. The Labute approximate surface area is 129 Å². The molecule has 1 nitrogen and oxygen atoms in total. The highest BCUT2D eigenvalue weighted by atomic mass is 16.1. The van der Waals surface area contributed by atoms with Crippen LogP contribution in [0.3, 0.4) is 0 Å². The Morgan fingerprint density at radius 2 is 1.33 bits per heavy atom. The van der Waals surface area contributed by atoms with Crippen LogP contribution in [0.4, 0.5) is 0 Å². The Morgan fingerprint density at radius 3 is 1.76 bits per heavy atom. The fourth-order valence-electron chi connectivity index (χ4n) is 2.07. The zero-order valence-electron chi connectivity index (χ0n) is 13.8. The van der Waals surface area contributed by atoms with E-state index >= 15 is 0 Å². The van der Waals surface area contributed by atoms with Gasteiger partial charge in [0.1, 0.15) is 0 Å². The number of rotatable bonds is 4. The molecule has 0 amide bonds. The minimum absolute atomic E-state index is 0.0932. The van der Waals surface area contributed by atoms with Crippen LogP contribution < -0.4 is 0 Å². The van der Waals surface area contributed by atoms with Crippen LogP contribution >= 0.6 is 0 Å². The molecule has 2 aromatic carbocycles. The van der Waals surface area contributed by atoms with Gasteiger partial charge in [-0.25, -0.2) is 0 Å². The van der Waals surface area contributed by atoms with Crippen molar-refractivity contribution in [3.63, 3.8) is 0 Å². The number of hydrogen-bond acceptors (Lipinski definition) is 1. The first-order valence-corrected chi connectivity index (χ1v) is 7.83. The minimum Gasteiger partial charge on any atom is -0.289 e. The maximum absolute atomic E-state index is 12.3. The monoisotopic (exact) mass is 282 g/mol. The van der Waals surface area contributed by atoms with E-state index in [0.717, 1.165) is 17.5 Å². The van der Waals surface area contributed by atoms with Gasteiger partial charge in [0.05, 0.1) is 0 Å². The topological polar surface area (TPSA) is 17.1 Å². The Bertz CT molecular complexity index is 549. The fourth-order valence-corrected chi connectivity index (χ4v) is 2.07. The van der Waals surface area contributed by atoms with E-state index in [1.54, 1.807) is 0 Å². The Kier molecular flexibility index (Phi) is 6.87. The molecule has 0 fully saturated rings. The van der Waals surface area contributed by atoms with Crippen LogP contribution in [-0.4, -0.2) is 5.78 Å². The quantitative estimate of drug-likeness (QED) is 0.651. The molecular formula is C20H26O. The molecule has 0 saturated carbocycles. The summed E-state index contributed by atoms with van der Waals surface area (Å²) in [5, 5.41) is 0. The molecule has 0 saturated heterocycles. The lowest BCUT2D eigenvalue weighted by Crippen LogP contribution is -2.01. The summed E-state index contributed by atoms with van der Waals surface area (Å²) in [6, 6.07) is 15.7. The van der Waals surface area contributed by atoms with E-state index in [1.165, 1.54) is 11.1 Å². The van der Waals surface area contributed by atoms with Crippen molar-refractivity contribution in [1.82, 2.24) is 0 Å². The third kappa shape index (κ3) is 4.56. The lowest BCUT2D eigenvalue weighted by atomic mass is 9.95. The summed E-state index contributed by atoms with van der Waals surface area (Å²) in [6.45, 7) is 10.4. The smallest absolute Gasteiger partial charge is 0.193 e. The van der Waals surface area contributed by atoms with Crippen molar-refractivity contribution in [2.75, 3.05) is 0 Å². The second-order valence-corrected chi connectivity index (χ2v) is 5.13. The van der Waals surface area contributed by atoms with Crippen LogP contribution in [0.2, 0.25) is 0 Å². The number of aryl methyl sites for hydroxylation is 1. The van der Waals surface area contributed by atoms with Gasteiger partial charge in [-0.2, -0.15) is 0 Å². The van der Waals surface area contributed by atoms with Crippen LogP contribution in [0.25, 0.3) is 0 Å². The third-order valence-electron chi connectivity index (χ3n) is 3.67. The average Bonchev–Trinajstić information content (AvgIpc) is 2.56. The molecule has 0 heterocycles. The summed E-state index contributed by atoms with van der Waals surface area (Å²) in [7, 11) is 0. The Balaban J connectivity index is 0.00000106. The molecular weight excluding hydrogens is 256 g/mol. The summed E-state index contributed by atoms with van der Waals surface area (Å²) in [5.41, 5.74) is 3.98. The largest absolute Gasteiger partial charge is 0.289 e. The molecule has 0 aromatic heterocycles. The van der Waals surface area contributed by atoms with Crippen LogP contribution in [-0.2, 0) is 0 Å². The maximum Gasteiger partial charge on any atom is 0.193 e. The number of carbonyl (C=O) groups excluding carboxylic acids is 1. The first-order valence-electron chi connectivity index (χ1n) is 7.83. The predicted molar refractivity (Wildman–Crippen MR) is 91.1 cm³/mol. The van der Waals surface area contributed by atoms with Crippen molar-refractivity contribution in [2.45, 2.75) is 47.0 Å². The molecule has 0 bridgehead atoms. The van der Waals surface area contributed by atoms with Gasteiger partial charge in [0.25, 0.3) is 0 Å². The van der Waals surface area contributed by atoms with E-state index in [4.69, 9.17) is 0 Å². The van der Waals surface area contributed by atoms with Crippen molar-refractivity contribution in [2.24, 2.45) is 0 Å². The molecule has 1 unspecified atom stereocenters. The molecule has 2 aromatic rings. The van der Waals surface area contributed by atoms with Crippen LogP contribution in [0, 0.1) is 6.92 Å². The van der Waals surface area contributed by atoms with Gasteiger partial charge < -0.3 is 0 Å². The fraction of sp³-hybridized carbons (Fsp3) is 0.350. The Hall–Kier alpha value is -1.89. The number of benzene rings is 2. The van der Waals surface area contributed by atoms with Gasteiger partial charge in [0.2, 0.25) is 0 Å². The lowest BCUT2D eigenvalue weighted by molar-refractivity contribution is 0.103.